The molecule has 4 aromatic rings. The Kier molecular flexibility index (Phi) is 11.2. The molecule has 0 bridgehead atoms. The second-order valence-electron chi connectivity index (χ2n) is 12.0. The summed E-state index contributed by atoms with van der Waals surface area (Å²) >= 11 is 14.1. The van der Waals surface area contributed by atoms with E-state index in [1.165, 1.54) is 0 Å². The molecule has 256 valence electrons. The smallest absolute Gasteiger partial charge is 0.237 e. The Balaban J connectivity index is 1.18. The van der Waals surface area contributed by atoms with E-state index < -0.39 is 0 Å². The van der Waals surface area contributed by atoms with Gasteiger partial charge in [0, 0.05) is 67.3 Å². The molecule has 0 radical (unpaired) electrons. The zero-order chi connectivity index (χ0) is 34.3. The highest BCUT2D eigenvalue weighted by Crippen LogP contribution is 2.42. The van der Waals surface area contributed by atoms with E-state index in [9.17, 15) is 9.59 Å². The number of nitrogens with zero attached hydrogens (tertiary/aromatic N) is 4. The number of rotatable bonds is 14. The highest BCUT2D eigenvalue weighted by Gasteiger charge is 2.23. The second kappa shape index (κ2) is 15.9. The number of benzene rings is 2. The van der Waals surface area contributed by atoms with Crippen LogP contribution in [0.2, 0.25) is 10.0 Å². The Morgan fingerprint density at radius 1 is 0.816 bits per heavy atom. The van der Waals surface area contributed by atoms with Gasteiger partial charge in [-0.1, -0.05) is 59.6 Å². The van der Waals surface area contributed by atoms with Gasteiger partial charge >= 0.3 is 0 Å². The summed E-state index contributed by atoms with van der Waals surface area (Å²) < 4.78 is 11.2. The second-order valence-corrected chi connectivity index (χ2v) is 12.8. The number of hydrogen-bond donors (Lipinski definition) is 4. The third-order valence-electron chi connectivity index (χ3n) is 8.70. The van der Waals surface area contributed by atoms with Gasteiger partial charge in [0.1, 0.15) is 11.4 Å². The van der Waals surface area contributed by atoms with Crippen LogP contribution in [0.3, 0.4) is 0 Å². The van der Waals surface area contributed by atoms with Gasteiger partial charge in [-0.3, -0.25) is 19.6 Å². The van der Waals surface area contributed by atoms with Gasteiger partial charge in [-0.25, -0.2) is 9.97 Å². The summed E-state index contributed by atoms with van der Waals surface area (Å²) in [5.41, 5.74) is 5.23. The summed E-state index contributed by atoms with van der Waals surface area (Å²) in [6, 6.07) is 11.5. The zero-order valence-electron chi connectivity index (χ0n) is 27.3. The van der Waals surface area contributed by atoms with Gasteiger partial charge in [-0.2, -0.15) is 0 Å². The fourth-order valence-corrected chi connectivity index (χ4v) is 6.72. The van der Waals surface area contributed by atoms with E-state index in [2.05, 4.69) is 31.2 Å². The van der Waals surface area contributed by atoms with Crippen LogP contribution < -0.4 is 30.7 Å². The minimum atomic E-state index is 0.0808. The molecule has 2 aliphatic heterocycles. The summed E-state index contributed by atoms with van der Waals surface area (Å²) in [6.07, 6.45) is 6.19. The van der Waals surface area contributed by atoms with Gasteiger partial charge < -0.3 is 30.7 Å². The summed E-state index contributed by atoms with van der Waals surface area (Å²) in [5.74, 6) is 1.33. The van der Waals surface area contributed by atoms with Crippen molar-refractivity contribution in [2.24, 2.45) is 5.92 Å². The molecule has 2 amide bonds. The van der Waals surface area contributed by atoms with Crippen molar-refractivity contribution in [3.63, 3.8) is 0 Å². The van der Waals surface area contributed by atoms with Gasteiger partial charge in [0.25, 0.3) is 0 Å². The van der Waals surface area contributed by atoms with Crippen LogP contribution in [0.1, 0.15) is 37.1 Å². The van der Waals surface area contributed by atoms with Crippen LogP contribution in [0.4, 0.5) is 0 Å². The Morgan fingerprint density at radius 3 is 1.90 bits per heavy atom. The Morgan fingerprint density at radius 2 is 1.39 bits per heavy atom. The first-order valence-electron chi connectivity index (χ1n) is 16.2. The number of nitrogens with one attached hydrogen (secondary N) is 4. The molecule has 2 fully saturated rings. The van der Waals surface area contributed by atoms with E-state index in [0.29, 0.717) is 94.1 Å². The predicted molar refractivity (Wildman–Crippen MR) is 187 cm³/mol. The molecule has 0 saturated carbocycles. The van der Waals surface area contributed by atoms with Crippen LogP contribution in [-0.2, 0) is 22.7 Å². The van der Waals surface area contributed by atoms with Crippen LogP contribution in [0, 0.1) is 5.92 Å². The fourth-order valence-electron chi connectivity index (χ4n) is 6.08. The quantitative estimate of drug-likeness (QED) is 0.137. The summed E-state index contributed by atoms with van der Waals surface area (Å²) in [5, 5.41) is 13.5. The Labute approximate surface area is 294 Å². The van der Waals surface area contributed by atoms with Crippen molar-refractivity contribution in [3.8, 4) is 45.4 Å². The number of methoxy groups -OCH3 is 2. The number of hydrogen-bond acceptors (Lipinski definition) is 10. The standard InChI is InChI=1S/C35H38Cl2N8O4/c1-48-34-28(16-38-12-11-20-13-31(47)42-14-20)40-18-26(44-34)24-7-3-5-22(32(24)36)23-6-4-8-25(33(23)37)27-19-41-29(35(45-27)49-2)17-39-15-21-9-10-30(46)43-21/h3-8,18-21,38-39H,9-17H2,1-2H3,(H,42,47)(H,43,46)/t20-,21-/m0/s1. The largest absolute Gasteiger partial charge is 0.480 e. The van der Waals surface area contributed by atoms with Crippen LogP contribution in [0.5, 0.6) is 11.8 Å². The maximum absolute atomic E-state index is 11.5. The Bertz CT molecular complexity index is 1840. The summed E-state index contributed by atoms with van der Waals surface area (Å²) in [7, 11) is 3.12. The fraction of sp³-hybridized carbons (Fsp3) is 0.371. The molecule has 0 unspecified atom stereocenters. The molecule has 2 saturated heterocycles. The van der Waals surface area contributed by atoms with Crippen LogP contribution >= 0.6 is 23.2 Å². The minimum absolute atomic E-state index is 0.0808. The molecular weight excluding hydrogens is 667 g/mol. The molecule has 2 aliphatic rings. The molecule has 4 heterocycles. The first-order valence-corrected chi connectivity index (χ1v) is 17.0. The molecular formula is C35H38Cl2N8O4. The third kappa shape index (κ3) is 8.10. The number of amides is 2. The summed E-state index contributed by atoms with van der Waals surface area (Å²) in [4.78, 5) is 41.6. The first-order chi connectivity index (χ1) is 23.8. The Hall–Kier alpha value is -4.36. The number of halogens is 2. The van der Waals surface area contributed by atoms with Crippen molar-refractivity contribution in [2.75, 3.05) is 33.9 Å². The molecule has 0 spiro atoms. The maximum Gasteiger partial charge on any atom is 0.237 e. The highest BCUT2D eigenvalue weighted by atomic mass is 35.5. The van der Waals surface area contributed by atoms with Crippen molar-refractivity contribution >= 4 is 35.0 Å². The maximum atomic E-state index is 11.5. The molecule has 4 N–H and O–H groups in total. The molecule has 12 nitrogen and oxygen atoms in total. The molecule has 0 aliphatic carbocycles. The number of carbonyl (C=O) groups excluding carboxylic acids is 2. The summed E-state index contributed by atoms with van der Waals surface area (Å²) in [6.45, 7) is 3.03. The van der Waals surface area contributed by atoms with Crippen molar-refractivity contribution in [1.82, 2.24) is 41.2 Å². The molecule has 14 heteroatoms. The first kappa shape index (κ1) is 34.5. The topological polar surface area (TPSA) is 152 Å². The molecule has 2 atom stereocenters. The molecule has 2 aromatic heterocycles. The number of aromatic nitrogens is 4. The van der Waals surface area contributed by atoms with Gasteiger partial charge in [-0.15, -0.1) is 0 Å². The van der Waals surface area contributed by atoms with Crippen molar-refractivity contribution < 1.29 is 19.1 Å². The van der Waals surface area contributed by atoms with Gasteiger partial charge in [0.2, 0.25) is 23.6 Å². The van der Waals surface area contributed by atoms with E-state index in [1.807, 2.05) is 36.4 Å². The van der Waals surface area contributed by atoms with Crippen molar-refractivity contribution in [1.29, 1.82) is 0 Å². The van der Waals surface area contributed by atoms with E-state index in [0.717, 1.165) is 37.1 Å². The lowest BCUT2D eigenvalue weighted by Crippen LogP contribution is -2.35. The van der Waals surface area contributed by atoms with Crippen LogP contribution in [0.25, 0.3) is 33.6 Å². The van der Waals surface area contributed by atoms with E-state index >= 15 is 0 Å². The number of ether oxygens (including phenoxy) is 2. The average molecular weight is 706 g/mol. The van der Waals surface area contributed by atoms with Crippen LogP contribution in [0.15, 0.2) is 48.8 Å². The number of carbonyl (C=O) groups is 2. The molecule has 6 rings (SSSR count). The SMILES string of the molecule is COc1nc(-c2cccc(-c3cccc(-c4cnc(CNC[C@@H]5CCC(=O)N5)c(OC)n4)c3Cl)c2Cl)cnc1CNCC[C@@H]1CNC(=O)C1. The lowest BCUT2D eigenvalue weighted by molar-refractivity contribution is -0.120. The van der Waals surface area contributed by atoms with Gasteiger partial charge in [-0.05, 0) is 25.3 Å². The van der Waals surface area contributed by atoms with Gasteiger partial charge in [0.15, 0.2) is 0 Å². The molecule has 49 heavy (non-hydrogen) atoms. The average Bonchev–Trinajstić information content (AvgIpc) is 3.74. The van der Waals surface area contributed by atoms with Crippen LogP contribution in [-0.4, -0.2) is 71.6 Å². The predicted octanol–water partition coefficient (Wildman–Crippen LogP) is 4.58. The molecule has 2 aromatic carbocycles. The van der Waals surface area contributed by atoms with Crippen molar-refractivity contribution in [2.45, 2.75) is 44.8 Å². The van der Waals surface area contributed by atoms with E-state index in [-0.39, 0.29) is 17.9 Å². The normalized spacial score (nSPS) is 17.2. The lowest BCUT2D eigenvalue weighted by atomic mass is 9.98. The third-order valence-corrected chi connectivity index (χ3v) is 9.52. The van der Waals surface area contributed by atoms with Crippen molar-refractivity contribution in [3.05, 3.63) is 70.2 Å². The van der Waals surface area contributed by atoms with E-state index in [1.54, 1.807) is 26.6 Å². The monoisotopic (exact) mass is 704 g/mol. The highest BCUT2D eigenvalue weighted by molar-refractivity contribution is 6.39. The zero-order valence-corrected chi connectivity index (χ0v) is 28.8. The van der Waals surface area contributed by atoms with Gasteiger partial charge in [0.05, 0.1) is 48.0 Å². The minimum Gasteiger partial charge on any atom is -0.480 e. The lowest BCUT2D eigenvalue weighted by Gasteiger charge is -2.15. The van der Waals surface area contributed by atoms with E-state index in [4.69, 9.17) is 42.6 Å².